The molecule has 0 bridgehead atoms. The third-order valence-electron chi connectivity index (χ3n) is 4.92. The number of pyridine rings is 1. The number of rotatable bonds is 6. The maximum Gasteiger partial charge on any atom is 0.253 e. The van der Waals surface area contributed by atoms with Crippen molar-refractivity contribution in [2.75, 3.05) is 12.8 Å². The van der Waals surface area contributed by atoms with Crippen LogP contribution in [0.15, 0.2) is 36.5 Å². The number of methoxy groups -OCH3 is 1. The van der Waals surface area contributed by atoms with E-state index in [0.717, 1.165) is 0 Å². The van der Waals surface area contributed by atoms with Gasteiger partial charge in [-0.2, -0.15) is 0 Å². The van der Waals surface area contributed by atoms with Gasteiger partial charge in [0, 0.05) is 24.1 Å². The first kappa shape index (κ1) is 20.7. The van der Waals surface area contributed by atoms with Gasteiger partial charge < -0.3 is 26.3 Å². The SMILES string of the molecule is COc1cc2nccc(Oc3ccc(C(=O)N[C@@H]4C[C@@H]4F)c(Cl)c3N)c2cc1C(N)=O. The maximum atomic E-state index is 13.1. The lowest BCUT2D eigenvalue weighted by Gasteiger charge is -2.15. The van der Waals surface area contributed by atoms with Crippen molar-refractivity contribution in [3.8, 4) is 17.2 Å². The van der Waals surface area contributed by atoms with Gasteiger partial charge in [-0.1, -0.05) is 11.6 Å². The quantitative estimate of drug-likeness (QED) is 0.500. The molecule has 0 saturated heterocycles. The highest BCUT2D eigenvalue weighted by Crippen LogP contribution is 2.38. The smallest absolute Gasteiger partial charge is 0.253 e. The monoisotopic (exact) mass is 444 g/mol. The molecule has 31 heavy (non-hydrogen) atoms. The standard InChI is InChI=1S/C21H18ClFN4O4/c1-30-17-8-13-10(6-11(17)20(25)28)15(4-5-26-13)31-16-3-2-9(18(22)19(16)24)21(29)27-14-7-12(14)23/h2-6,8,12,14H,7,24H2,1H3,(H2,25,28)(H,27,29)/t12-,14+/m0/s1. The molecule has 1 fully saturated rings. The highest BCUT2D eigenvalue weighted by Gasteiger charge is 2.39. The van der Waals surface area contributed by atoms with Crippen LogP contribution < -0.4 is 26.3 Å². The number of nitrogens with two attached hydrogens (primary N) is 2. The number of benzene rings is 2. The average molecular weight is 445 g/mol. The van der Waals surface area contributed by atoms with E-state index < -0.39 is 24.0 Å². The largest absolute Gasteiger partial charge is 0.496 e. The Labute approximate surface area is 181 Å². The number of fused-ring (bicyclic) bond motifs is 1. The van der Waals surface area contributed by atoms with Crippen molar-refractivity contribution in [1.82, 2.24) is 10.3 Å². The van der Waals surface area contributed by atoms with Gasteiger partial charge in [0.1, 0.15) is 17.7 Å². The minimum absolute atomic E-state index is 0.0103. The molecule has 1 heterocycles. The third-order valence-corrected chi connectivity index (χ3v) is 5.33. The maximum absolute atomic E-state index is 13.1. The van der Waals surface area contributed by atoms with E-state index in [-0.39, 0.29) is 39.8 Å². The number of carbonyl (C=O) groups excluding carboxylic acids is 2. The van der Waals surface area contributed by atoms with E-state index in [4.69, 9.17) is 32.5 Å². The lowest BCUT2D eigenvalue weighted by molar-refractivity contribution is 0.0946. The summed E-state index contributed by atoms with van der Waals surface area (Å²) in [6.07, 6.45) is 0.767. The molecule has 160 valence electrons. The Morgan fingerprint density at radius 1 is 1.19 bits per heavy atom. The first-order valence-corrected chi connectivity index (χ1v) is 9.65. The molecule has 0 spiro atoms. The normalized spacial score (nSPS) is 17.3. The predicted octanol–water partition coefficient (Wildman–Crippen LogP) is 3.21. The van der Waals surface area contributed by atoms with Gasteiger partial charge >= 0.3 is 0 Å². The molecule has 8 nitrogen and oxygen atoms in total. The highest BCUT2D eigenvalue weighted by atomic mass is 35.5. The van der Waals surface area contributed by atoms with Gasteiger partial charge in [0.15, 0.2) is 5.75 Å². The number of ether oxygens (including phenoxy) is 2. The molecule has 0 unspecified atom stereocenters. The number of alkyl halides is 1. The van der Waals surface area contributed by atoms with Crippen LogP contribution in [0.2, 0.25) is 5.02 Å². The van der Waals surface area contributed by atoms with Gasteiger partial charge in [-0.25, -0.2) is 4.39 Å². The van der Waals surface area contributed by atoms with Crippen LogP contribution in [0, 0.1) is 0 Å². The molecular weight excluding hydrogens is 427 g/mol. The number of amides is 2. The van der Waals surface area contributed by atoms with Gasteiger partial charge in [-0.05, 0) is 24.3 Å². The first-order valence-electron chi connectivity index (χ1n) is 9.27. The molecule has 2 aromatic carbocycles. The molecule has 2 atom stereocenters. The summed E-state index contributed by atoms with van der Waals surface area (Å²) in [5.74, 6) is -0.360. The summed E-state index contributed by atoms with van der Waals surface area (Å²) in [6.45, 7) is 0. The molecule has 0 aliphatic heterocycles. The average Bonchev–Trinajstić information content (AvgIpc) is 3.44. The van der Waals surface area contributed by atoms with Crippen LogP contribution in [0.3, 0.4) is 0 Å². The molecule has 1 saturated carbocycles. The number of halogens is 2. The van der Waals surface area contributed by atoms with Gasteiger partial charge in [0.05, 0.1) is 40.5 Å². The van der Waals surface area contributed by atoms with Crippen LogP contribution in [0.1, 0.15) is 27.1 Å². The molecule has 1 aliphatic rings. The van der Waals surface area contributed by atoms with Crippen LogP contribution in [0.4, 0.5) is 10.1 Å². The van der Waals surface area contributed by atoms with Crippen molar-refractivity contribution in [2.45, 2.75) is 18.6 Å². The Hall–Kier alpha value is -3.59. The van der Waals surface area contributed by atoms with Crippen molar-refractivity contribution in [2.24, 2.45) is 5.73 Å². The second-order valence-electron chi connectivity index (χ2n) is 7.02. The molecule has 3 aromatic rings. The minimum atomic E-state index is -1.04. The molecule has 1 aliphatic carbocycles. The van der Waals surface area contributed by atoms with E-state index in [1.807, 2.05) is 0 Å². The van der Waals surface area contributed by atoms with Gasteiger partial charge in [-0.15, -0.1) is 0 Å². The van der Waals surface area contributed by atoms with Crippen molar-refractivity contribution >= 4 is 40.0 Å². The van der Waals surface area contributed by atoms with E-state index in [1.165, 1.54) is 31.5 Å². The van der Waals surface area contributed by atoms with Gasteiger partial charge in [0.2, 0.25) is 0 Å². The Morgan fingerprint density at radius 3 is 2.58 bits per heavy atom. The second kappa shape index (κ2) is 7.92. The summed E-state index contributed by atoms with van der Waals surface area (Å²) in [5, 5.41) is 3.04. The number of aromatic nitrogens is 1. The molecular formula is C21H18ClFN4O4. The Kier molecular flexibility index (Phi) is 5.28. The molecule has 10 heteroatoms. The number of primary amides is 1. The number of nitrogens with one attached hydrogen (secondary N) is 1. The van der Waals surface area contributed by atoms with Crippen molar-refractivity contribution < 1.29 is 23.5 Å². The summed E-state index contributed by atoms with van der Waals surface area (Å²) >= 11 is 6.27. The number of hydrogen-bond donors (Lipinski definition) is 3. The van der Waals surface area contributed by atoms with E-state index in [9.17, 15) is 14.0 Å². The van der Waals surface area contributed by atoms with Crippen LogP contribution in [0.25, 0.3) is 10.9 Å². The first-order chi connectivity index (χ1) is 14.8. The lowest BCUT2D eigenvalue weighted by atomic mass is 10.1. The van der Waals surface area contributed by atoms with Crippen molar-refractivity contribution in [3.63, 3.8) is 0 Å². The van der Waals surface area contributed by atoms with Crippen LogP contribution in [-0.2, 0) is 0 Å². The summed E-state index contributed by atoms with van der Waals surface area (Å²) in [6, 6.07) is 7.10. The lowest BCUT2D eigenvalue weighted by Crippen LogP contribution is -2.27. The third kappa shape index (κ3) is 3.91. The summed E-state index contributed by atoms with van der Waals surface area (Å²) in [7, 11) is 1.42. The predicted molar refractivity (Wildman–Crippen MR) is 114 cm³/mol. The Morgan fingerprint density at radius 2 is 1.94 bits per heavy atom. The number of hydrogen-bond acceptors (Lipinski definition) is 6. The van der Waals surface area contributed by atoms with Gasteiger partial charge in [0.25, 0.3) is 11.8 Å². The topological polar surface area (TPSA) is 130 Å². The Bertz CT molecular complexity index is 1220. The van der Waals surface area contributed by atoms with E-state index in [2.05, 4.69) is 10.3 Å². The number of carbonyl (C=O) groups is 2. The zero-order valence-electron chi connectivity index (χ0n) is 16.3. The number of nitrogens with zero attached hydrogens (tertiary/aromatic N) is 1. The van der Waals surface area contributed by atoms with E-state index in [0.29, 0.717) is 16.7 Å². The van der Waals surface area contributed by atoms with E-state index >= 15 is 0 Å². The molecule has 0 radical (unpaired) electrons. The highest BCUT2D eigenvalue weighted by molar-refractivity contribution is 6.36. The zero-order valence-corrected chi connectivity index (χ0v) is 17.1. The Balaban J connectivity index is 1.69. The second-order valence-corrected chi connectivity index (χ2v) is 7.39. The number of nitrogen functional groups attached to an aromatic ring is 1. The zero-order chi connectivity index (χ0) is 22.3. The fraction of sp³-hybridized carbons (Fsp3) is 0.190. The van der Waals surface area contributed by atoms with Crippen LogP contribution >= 0.6 is 11.6 Å². The summed E-state index contributed by atoms with van der Waals surface area (Å²) in [5.41, 5.74) is 12.4. The molecule has 1 aromatic heterocycles. The molecule has 2 amide bonds. The van der Waals surface area contributed by atoms with Crippen LogP contribution in [0.5, 0.6) is 17.2 Å². The van der Waals surface area contributed by atoms with E-state index in [1.54, 1.807) is 12.1 Å². The fourth-order valence-electron chi connectivity index (χ4n) is 3.12. The summed E-state index contributed by atoms with van der Waals surface area (Å²) in [4.78, 5) is 28.3. The fourth-order valence-corrected chi connectivity index (χ4v) is 3.36. The van der Waals surface area contributed by atoms with Crippen LogP contribution in [-0.4, -0.2) is 36.1 Å². The molecule has 4 rings (SSSR count). The molecule has 5 N–H and O–H groups in total. The van der Waals surface area contributed by atoms with Crippen molar-refractivity contribution in [1.29, 1.82) is 0 Å². The van der Waals surface area contributed by atoms with Gasteiger partial charge in [-0.3, -0.25) is 14.6 Å². The number of anilines is 1. The summed E-state index contributed by atoms with van der Waals surface area (Å²) < 4.78 is 24.2. The minimum Gasteiger partial charge on any atom is -0.496 e. The van der Waals surface area contributed by atoms with Crippen molar-refractivity contribution in [3.05, 3.63) is 52.7 Å².